The maximum atomic E-state index is 10.2. The van der Waals surface area contributed by atoms with Crippen molar-refractivity contribution in [2.75, 3.05) is 6.61 Å². The molecule has 0 aliphatic carbocycles. The smallest absolute Gasteiger partial charge is 0.272 e. The molecule has 1 saturated heterocycles. The molecule has 1 rings (SSSR count). The van der Waals surface area contributed by atoms with Gasteiger partial charge in [0.05, 0.1) is 6.61 Å². The topological polar surface area (TPSA) is 47.9 Å². The SMILES string of the molecule is [2H]B(C)OC[C@H]1O[C@H](Br)C(C)(O)[C@@H]1OB([2H])C. The third kappa shape index (κ3) is 2.97. The van der Waals surface area contributed by atoms with Crippen LogP contribution < -0.4 is 0 Å². The lowest BCUT2D eigenvalue weighted by molar-refractivity contribution is -0.0286. The van der Waals surface area contributed by atoms with E-state index in [0.29, 0.717) is 0 Å². The lowest BCUT2D eigenvalue weighted by Gasteiger charge is -2.28. The average Bonchev–Trinajstić information content (AvgIpc) is 2.38. The van der Waals surface area contributed by atoms with Crippen molar-refractivity contribution in [2.24, 2.45) is 0 Å². The minimum Gasteiger partial charge on any atom is -0.437 e. The van der Waals surface area contributed by atoms with Crippen molar-refractivity contribution in [3.05, 3.63) is 0 Å². The molecule has 15 heavy (non-hydrogen) atoms. The average molecular weight is 281 g/mol. The summed E-state index contributed by atoms with van der Waals surface area (Å²) in [6, 6.07) is 0. The van der Waals surface area contributed by atoms with Gasteiger partial charge in [0, 0.05) is 2.67 Å². The summed E-state index contributed by atoms with van der Waals surface area (Å²) in [5, 5.41) is 9.65. The van der Waals surface area contributed by atoms with Crippen molar-refractivity contribution in [3.63, 3.8) is 0 Å². The first kappa shape index (κ1) is 10.6. The first-order valence-electron chi connectivity index (χ1n) is 6.04. The molecule has 0 aromatic rings. The van der Waals surface area contributed by atoms with Crippen molar-refractivity contribution in [1.82, 2.24) is 0 Å². The Morgan fingerprint density at radius 3 is 2.80 bits per heavy atom. The van der Waals surface area contributed by atoms with Crippen LogP contribution in [-0.2, 0) is 14.0 Å². The Kier molecular flexibility index (Phi) is 4.01. The zero-order valence-corrected chi connectivity index (χ0v) is 10.7. The van der Waals surface area contributed by atoms with E-state index in [2.05, 4.69) is 15.9 Å². The fourth-order valence-electron chi connectivity index (χ4n) is 1.56. The van der Waals surface area contributed by atoms with Gasteiger partial charge in [-0.05, 0) is 6.92 Å². The summed E-state index contributed by atoms with van der Waals surface area (Å²) in [5.74, 6) is 0. The Morgan fingerprint density at radius 1 is 1.60 bits per heavy atom. The van der Waals surface area contributed by atoms with E-state index in [1.54, 1.807) is 20.6 Å². The van der Waals surface area contributed by atoms with Gasteiger partial charge >= 0.3 is 0 Å². The van der Waals surface area contributed by atoms with Gasteiger partial charge in [-0.25, -0.2) is 0 Å². The Balaban J connectivity index is 2.68. The van der Waals surface area contributed by atoms with Gasteiger partial charge in [0.1, 0.15) is 22.8 Å². The normalized spacial score (nSPS) is 42.3. The van der Waals surface area contributed by atoms with Crippen molar-refractivity contribution >= 4 is 30.8 Å². The predicted octanol–water partition coefficient (Wildman–Crippen LogP) is 0.0582. The number of hydrogen-bond donors (Lipinski definition) is 1. The molecule has 0 saturated carbocycles. The van der Waals surface area contributed by atoms with Gasteiger partial charge in [-0.3, -0.25) is 0 Å². The molecular weight excluding hydrogens is 262 g/mol. The summed E-state index contributed by atoms with van der Waals surface area (Å²) in [4.78, 5) is 0. The van der Waals surface area contributed by atoms with E-state index >= 15 is 0 Å². The number of aliphatic hydroxyl groups is 1. The van der Waals surface area contributed by atoms with Crippen molar-refractivity contribution < 1.29 is 19.2 Å². The fraction of sp³-hybridized carbons (Fsp3) is 1.00. The molecule has 0 radical (unpaired) electrons. The molecule has 0 bridgehead atoms. The monoisotopic (exact) mass is 280 g/mol. The summed E-state index contributed by atoms with van der Waals surface area (Å²) < 4.78 is 30.7. The van der Waals surface area contributed by atoms with Gasteiger partial charge in [-0.1, -0.05) is 29.6 Å². The Hall–Kier alpha value is 0.450. The van der Waals surface area contributed by atoms with Gasteiger partial charge < -0.3 is 19.2 Å². The molecular formula is C8H17B2BrO4. The van der Waals surface area contributed by atoms with Gasteiger partial charge in [0.15, 0.2) is 0 Å². The molecule has 1 unspecified atom stereocenters. The zero-order valence-electron chi connectivity index (χ0n) is 11.1. The number of alkyl halides is 1. The van der Waals surface area contributed by atoms with E-state index in [0.717, 1.165) is 0 Å². The molecule has 4 nitrogen and oxygen atoms in total. The Labute approximate surface area is 103 Å². The highest BCUT2D eigenvalue weighted by Crippen LogP contribution is 2.36. The second-order valence-electron chi connectivity index (χ2n) is 3.58. The largest absolute Gasteiger partial charge is 0.437 e. The minimum absolute atomic E-state index is 0.153. The van der Waals surface area contributed by atoms with Crippen LogP contribution >= 0.6 is 15.9 Å². The summed E-state index contributed by atoms with van der Waals surface area (Å²) >= 11 is 3.22. The molecule has 0 amide bonds. The van der Waals surface area contributed by atoms with E-state index in [4.69, 9.17) is 16.7 Å². The maximum Gasteiger partial charge on any atom is 0.272 e. The highest BCUT2D eigenvalue weighted by molar-refractivity contribution is 9.09. The molecule has 1 heterocycles. The van der Waals surface area contributed by atoms with Crippen LogP contribution in [0, 0.1) is 0 Å². The second kappa shape index (κ2) is 5.68. The highest BCUT2D eigenvalue weighted by Gasteiger charge is 2.51. The molecule has 1 aliphatic heterocycles. The third-order valence-electron chi connectivity index (χ3n) is 2.38. The Bertz CT molecular complexity index is 258. The van der Waals surface area contributed by atoms with E-state index in [9.17, 15) is 5.11 Å². The van der Waals surface area contributed by atoms with Gasteiger partial charge in [-0.2, -0.15) is 0 Å². The van der Waals surface area contributed by atoms with Gasteiger partial charge in [0.25, 0.3) is 14.9 Å². The lowest BCUT2D eigenvalue weighted by Crippen LogP contribution is -2.46. The summed E-state index contributed by atoms with van der Waals surface area (Å²) in [6.07, 6.45) is -1.15. The summed E-state index contributed by atoms with van der Waals surface area (Å²) in [5.41, 5.74) is -1.23. The minimum atomic E-state index is -1.23. The molecule has 7 heteroatoms. The van der Waals surface area contributed by atoms with Crippen LogP contribution in [0.1, 0.15) is 6.92 Å². The molecule has 0 spiro atoms. The third-order valence-corrected chi connectivity index (χ3v) is 3.52. The lowest BCUT2D eigenvalue weighted by atomic mass is 9.95. The van der Waals surface area contributed by atoms with Crippen LogP contribution in [0.2, 0.25) is 13.6 Å². The van der Waals surface area contributed by atoms with Gasteiger partial charge in [-0.15, -0.1) is 0 Å². The van der Waals surface area contributed by atoms with Crippen molar-refractivity contribution in [2.45, 2.75) is 43.4 Å². The van der Waals surface area contributed by atoms with Crippen LogP contribution in [0.25, 0.3) is 0 Å². The van der Waals surface area contributed by atoms with E-state index in [1.807, 2.05) is 0 Å². The van der Waals surface area contributed by atoms with Crippen molar-refractivity contribution in [1.29, 1.82) is 2.67 Å². The Morgan fingerprint density at radius 2 is 2.27 bits per heavy atom. The molecule has 86 valence electrons. The fourth-order valence-corrected chi connectivity index (χ4v) is 2.10. The molecule has 1 N–H and O–H groups in total. The number of halogens is 1. The van der Waals surface area contributed by atoms with Crippen LogP contribution in [0.5, 0.6) is 0 Å². The highest BCUT2D eigenvalue weighted by atomic mass is 79.9. The van der Waals surface area contributed by atoms with E-state index < -0.39 is 37.7 Å². The van der Waals surface area contributed by atoms with Crippen LogP contribution in [0.3, 0.4) is 0 Å². The summed E-state index contributed by atoms with van der Waals surface area (Å²) in [7, 11) is -1.42. The zero-order chi connectivity index (χ0) is 13.2. The molecule has 0 aromatic heterocycles. The quantitative estimate of drug-likeness (QED) is 0.571. The number of hydrogen-bond acceptors (Lipinski definition) is 4. The second-order valence-corrected chi connectivity index (χ2v) is 4.41. The number of ether oxygens (including phenoxy) is 1. The van der Waals surface area contributed by atoms with Crippen LogP contribution in [-0.4, -0.2) is 52.1 Å². The first-order valence-corrected chi connectivity index (χ1v) is 5.80. The maximum absolute atomic E-state index is 10.2. The van der Waals surface area contributed by atoms with Crippen LogP contribution in [0.15, 0.2) is 0 Å². The van der Waals surface area contributed by atoms with Crippen molar-refractivity contribution in [3.8, 4) is 0 Å². The van der Waals surface area contributed by atoms with Crippen LogP contribution in [0.4, 0.5) is 0 Å². The number of rotatable bonds is 5. The predicted molar refractivity (Wildman–Crippen MR) is 65.1 cm³/mol. The first-order chi connectivity index (χ1) is 7.75. The standard InChI is InChI=1S/C8H17B2BrO4/c1-8(12)6(15-10-3)5(4-13-9-2)14-7(8)11/h5-7,9-10,12H,4H2,1-3H3/t5-,6-,7+,8?/m1/s1/i9D,10D. The van der Waals surface area contributed by atoms with E-state index in [-0.39, 0.29) is 6.61 Å². The molecule has 4 atom stereocenters. The molecule has 1 aliphatic rings. The van der Waals surface area contributed by atoms with Gasteiger partial charge in [0.2, 0.25) is 0 Å². The summed E-state index contributed by atoms with van der Waals surface area (Å²) in [6.45, 7) is 4.91. The van der Waals surface area contributed by atoms with E-state index in [1.165, 1.54) is 0 Å². The molecule has 0 aromatic carbocycles. The molecule has 1 fully saturated rings.